The number of hydrogen-bond acceptors (Lipinski definition) is 5. The topological polar surface area (TPSA) is 92.5 Å². The van der Waals surface area contributed by atoms with Crippen LogP contribution in [0.3, 0.4) is 0 Å². The van der Waals surface area contributed by atoms with Crippen LogP contribution in [0.5, 0.6) is 0 Å². The molecule has 3 aromatic carbocycles. The van der Waals surface area contributed by atoms with Crippen molar-refractivity contribution in [1.82, 2.24) is 9.29 Å². The van der Waals surface area contributed by atoms with Crippen molar-refractivity contribution in [2.24, 2.45) is 5.92 Å². The van der Waals surface area contributed by atoms with Crippen LogP contribution in [0.1, 0.15) is 30.1 Å². The van der Waals surface area contributed by atoms with Gasteiger partial charge in [0.15, 0.2) is 5.58 Å². The first kappa shape index (κ1) is 22.3. The highest BCUT2D eigenvalue weighted by molar-refractivity contribution is 7.89. The van der Waals surface area contributed by atoms with Gasteiger partial charge in [0.1, 0.15) is 5.52 Å². The molecular formula is C26H25N3O4S. The Hall–Kier alpha value is -3.49. The quantitative estimate of drug-likeness (QED) is 0.430. The molecule has 0 radical (unpaired) electrons. The number of anilines is 1. The van der Waals surface area contributed by atoms with E-state index >= 15 is 0 Å². The van der Waals surface area contributed by atoms with Gasteiger partial charge in [-0.15, -0.1) is 0 Å². The van der Waals surface area contributed by atoms with Gasteiger partial charge in [0.2, 0.25) is 15.9 Å². The zero-order chi connectivity index (χ0) is 23.7. The van der Waals surface area contributed by atoms with Crippen LogP contribution in [0.15, 0.2) is 82.1 Å². The third-order valence-corrected chi connectivity index (χ3v) is 8.11. The fourth-order valence-electron chi connectivity index (χ4n) is 4.11. The number of sulfonamides is 1. The molecule has 1 fully saturated rings. The van der Waals surface area contributed by atoms with Crippen LogP contribution in [-0.2, 0) is 10.0 Å². The second-order valence-corrected chi connectivity index (χ2v) is 10.5. The molecule has 1 aliphatic heterocycles. The minimum atomic E-state index is -3.56. The molecule has 1 aliphatic rings. The van der Waals surface area contributed by atoms with Crippen LogP contribution < -0.4 is 5.32 Å². The molecule has 34 heavy (non-hydrogen) atoms. The number of para-hydroxylation sites is 3. The Labute approximate surface area is 198 Å². The molecule has 4 aromatic rings. The van der Waals surface area contributed by atoms with E-state index in [1.165, 1.54) is 28.6 Å². The van der Waals surface area contributed by atoms with Crippen molar-refractivity contribution >= 4 is 32.7 Å². The largest absolute Gasteiger partial charge is 0.436 e. The van der Waals surface area contributed by atoms with Crippen molar-refractivity contribution < 1.29 is 17.6 Å². The van der Waals surface area contributed by atoms with E-state index in [9.17, 15) is 13.2 Å². The molecule has 174 valence electrons. The number of carbonyl (C=O) groups is 1. The summed E-state index contributed by atoms with van der Waals surface area (Å²) in [6.07, 6.45) is 1.72. The Bertz CT molecular complexity index is 1400. The number of aromatic nitrogens is 1. The molecule has 2 heterocycles. The summed E-state index contributed by atoms with van der Waals surface area (Å²) < 4.78 is 33.3. The normalized spacial score (nSPS) is 15.4. The number of benzene rings is 3. The predicted octanol–water partition coefficient (Wildman–Crippen LogP) is 5.17. The van der Waals surface area contributed by atoms with Crippen molar-refractivity contribution in [2.45, 2.75) is 24.7 Å². The summed E-state index contributed by atoms with van der Waals surface area (Å²) in [5, 5.41) is 2.90. The number of amides is 1. The summed E-state index contributed by atoms with van der Waals surface area (Å²) in [5.74, 6) is 0.601. The second kappa shape index (κ2) is 9.04. The van der Waals surface area contributed by atoms with Gasteiger partial charge in [-0.3, -0.25) is 4.79 Å². The zero-order valence-corrected chi connectivity index (χ0v) is 19.6. The maximum absolute atomic E-state index is 12.9. The summed E-state index contributed by atoms with van der Waals surface area (Å²) in [7, 11) is -3.56. The van der Waals surface area contributed by atoms with E-state index < -0.39 is 10.0 Å². The van der Waals surface area contributed by atoms with Gasteiger partial charge < -0.3 is 9.73 Å². The molecule has 7 nitrogen and oxygen atoms in total. The Morgan fingerprint density at radius 3 is 2.38 bits per heavy atom. The van der Waals surface area contributed by atoms with Crippen molar-refractivity contribution in [3.63, 3.8) is 0 Å². The van der Waals surface area contributed by atoms with Gasteiger partial charge in [-0.1, -0.05) is 31.2 Å². The van der Waals surface area contributed by atoms with Gasteiger partial charge in [0, 0.05) is 18.7 Å². The van der Waals surface area contributed by atoms with Crippen LogP contribution in [0.25, 0.3) is 22.6 Å². The van der Waals surface area contributed by atoms with Crippen molar-refractivity contribution in [3.8, 4) is 11.5 Å². The highest BCUT2D eigenvalue weighted by atomic mass is 32.2. The molecular weight excluding hydrogens is 450 g/mol. The van der Waals surface area contributed by atoms with E-state index in [1.807, 2.05) is 42.5 Å². The molecule has 0 bridgehead atoms. The number of rotatable bonds is 5. The Balaban J connectivity index is 1.35. The number of nitrogens with zero attached hydrogens (tertiary/aromatic N) is 2. The van der Waals surface area contributed by atoms with Crippen molar-refractivity contribution in [2.75, 3.05) is 18.4 Å². The van der Waals surface area contributed by atoms with Crippen LogP contribution in [0.2, 0.25) is 0 Å². The average molecular weight is 476 g/mol. The maximum atomic E-state index is 12.9. The molecule has 1 amide bonds. The first-order valence-electron chi connectivity index (χ1n) is 11.3. The van der Waals surface area contributed by atoms with Gasteiger partial charge in [-0.2, -0.15) is 4.31 Å². The monoisotopic (exact) mass is 475 g/mol. The van der Waals surface area contributed by atoms with Crippen LogP contribution >= 0.6 is 0 Å². The van der Waals surface area contributed by atoms with E-state index in [1.54, 1.807) is 6.07 Å². The minimum Gasteiger partial charge on any atom is -0.436 e. The van der Waals surface area contributed by atoms with Gasteiger partial charge in [-0.25, -0.2) is 13.4 Å². The van der Waals surface area contributed by atoms with E-state index in [4.69, 9.17) is 4.42 Å². The highest BCUT2D eigenvalue weighted by Gasteiger charge is 2.28. The lowest BCUT2D eigenvalue weighted by Crippen LogP contribution is -2.37. The highest BCUT2D eigenvalue weighted by Crippen LogP contribution is 2.30. The average Bonchev–Trinajstić information content (AvgIpc) is 3.29. The Morgan fingerprint density at radius 2 is 1.65 bits per heavy atom. The minimum absolute atomic E-state index is 0.200. The van der Waals surface area contributed by atoms with Crippen LogP contribution in [0.4, 0.5) is 5.69 Å². The Morgan fingerprint density at radius 1 is 0.971 bits per heavy atom. The number of hydrogen-bond donors (Lipinski definition) is 1. The number of piperidine rings is 1. The molecule has 5 rings (SSSR count). The standard InChI is InChI=1S/C26H25N3O4S/c1-18-14-16-29(17-15-18)34(31,32)20-12-10-19(11-13-20)25(30)27-22-7-3-2-6-21(22)26-28-23-8-4-5-9-24(23)33-26/h2-13,18H,14-17H2,1H3,(H,27,30). The van der Waals surface area contributed by atoms with E-state index in [2.05, 4.69) is 17.2 Å². The molecule has 8 heteroatoms. The van der Waals surface area contributed by atoms with Gasteiger partial charge in [-0.05, 0) is 67.3 Å². The summed E-state index contributed by atoms with van der Waals surface area (Å²) in [6, 6.07) is 20.8. The van der Waals surface area contributed by atoms with E-state index in [0.29, 0.717) is 47.3 Å². The van der Waals surface area contributed by atoms with E-state index in [-0.39, 0.29) is 10.8 Å². The van der Waals surface area contributed by atoms with E-state index in [0.717, 1.165) is 18.4 Å². The Kier molecular flexibility index (Phi) is 5.93. The van der Waals surface area contributed by atoms with Crippen LogP contribution in [-0.4, -0.2) is 36.7 Å². The van der Waals surface area contributed by atoms with Crippen molar-refractivity contribution in [1.29, 1.82) is 0 Å². The second-order valence-electron chi connectivity index (χ2n) is 8.60. The molecule has 0 atom stereocenters. The number of oxazole rings is 1. The van der Waals surface area contributed by atoms with Gasteiger partial charge in [0.05, 0.1) is 16.1 Å². The van der Waals surface area contributed by atoms with Gasteiger partial charge in [0.25, 0.3) is 5.91 Å². The lowest BCUT2D eigenvalue weighted by molar-refractivity contribution is 0.102. The maximum Gasteiger partial charge on any atom is 0.255 e. The number of carbonyl (C=O) groups excluding carboxylic acids is 1. The van der Waals surface area contributed by atoms with Crippen molar-refractivity contribution in [3.05, 3.63) is 78.4 Å². The molecule has 0 unspecified atom stereocenters. The number of nitrogens with one attached hydrogen (secondary N) is 1. The molecule has 1 aromatic heterocycles. The first-order chi connectivity index (χ1) is 16.4. The third kappa shape index (κ3) is 4.34. The van der Waals surface area contributed by atoms with Gasteiger partial charge >= 0.3 is 0 Å². The molecule has 0 spiro atoms. The summed E-state index contributed by atoms with van der Waals surface area (Å²) in [5.41, 5.74) is 2.97. The summed E-state index contributed by atoms with van der Waals surface area (Å²) in [4.78, 5) is 17.7. The summed E-state index contributed by atoms with van der Waals surface area (Å²) in [6.45, 7) is 3.19. The fraction of sp³-hybridized carbons (Fsp3) is 0.231. The first-order valence-corrected chi connectivity index (χ1v) is 12.7. The molecule has 0 saturated carbocycles. The zero-order valence-electron chi connectivity index (χ0n) is 18.8. The molecule has 1 N–H and O–H groups in total. The molecule has 0 aliphatic carbocycles. The SMILES string of the molecule is CC1CCN(S(=O)(=O)c2ccc(C(=O)Nc3ccccc3-c3nc4ccccc4o3)cc2)CC1. The lowest BCUT2D eigenvalue weighted by atomic mass is 10.0. The predicted molar refractivity (Wildman–Crippen MR) is 131 cm³/mol. The smallest absolute Gasteiger partial charge is 0.255 e. The number of fused-ring (bicyclic) bond motifs is 1. The lowest BCUT2D eigenvalue weighted by Gasteiger charge is -2.29. The van der Waals surface area contributed by atoms with Crippen LogP contribution in [0, 0.1) is 5.92 Å². The third-order valence-electron chi connectivity index (χ3n) is 6.20. The summed E-state index contributed by atoms with van der Waals surface area (Å²) >= 11 is 0. The fourth-order valence-corrected chi connectivity index (χ4v) is 5.58. The molecule has 1 saturated heterocycles.